The van der Waals surface area contributed by atoms with Crippen LogP contribution in [0.15, 0.2) is 12.4 Å². The number of nitrogens with zero attached hydrogens (tertiary/aromatic N) is 2. The summed E-state index contributed by atoms with van der Waals surface area (Å²) in [5.41, 5.74) is 2.28. The van der Waals surface area contributed by atoms with Crippen LogP contribution < -0.4 is 15.5 Å². The Morgan fingerprint density at radius 3 is 2.97 bits per heavy atom. The van der Waals surface area contributed by atoms with Crippen molar-refractivity contribution in [2.45, 2.75) is 65.0 Å². The zero-order valence-corrected chi connectivity index (χ0v) is 18.5. The molecule has 1 amide bonds. The summed E-state index contributed by atoms with van der Waals surface area (Å²) in [6, 6.07) is 0.00771. The molecule has 2 aromatic rings. The molecule has 0 aromatic carbocycles. The van der Waals surface area contributed by atoms with Gasteiger partial charge in [-0.3, -0.25) is 0 Å². The molecule has 0 aliphatic carbocycles. The Balaban J connectivity index is 1.80. The van der Waals surface area contributed by atoms with E-state index >= 15 is 0 Å². The van der Waals surface area contributed by atoms with Crippen LogP contribution in [0.4, 0.5) is 16.2 Å². The summed E-state index contributed by atoms with van der Waals surface area (Å²) < 4.78 is 5.42. The van der Waals surface area contributed by atoms with Crippen LogP contribution in [-0.2, 0) is 4.74 Å². The normalized spacial score (nSPS) is 17.4. The van der Waals surface area contributed by atoms with E-state index in [1.807, 2.05) is 27.0 Å². The van der Waals surface area contributed by atoms with Gasteiger partial charge in [0.15, 0.2) is 0 Å². The molecule has 3 rings (SSSR count). The number of alkyl carbamates (subject to hydrolysis) is 1. The lowest BCUT2D eigenvalue weighted by atomic mass is 10.0. The molecule has 3 N–H and O–H groups in total. The molecule has 0 radical (unpaired) electrons. The number of H-pyrrole nitrogens is 1. The molecule has 1 aliphatic rings. The van der Waals surface area contributed by atoms with Gasteiger partial charge in [0.2, 0.25) is 0 Å². The fraction of sp³-hybridized carbons (Fsp3) is 0.619. The van der Waals surface area contributed by atoms with Crippen LogP contribution in [-0.4, -0.2) is 47.3 Å². The van der Waals surface area contributed by atoms with E-state index in [0.29, 0.717) is 11.6 Å². The van der Waals surface area contributed by atoms with Gasteiger partial charge in [0.25, 0.3) is 0 Å². The van der Waals surface area contributed by atoms with Gasteiger partial charge in [-0.1, -0.05) is 24.9 Å². The maximum atomic E-state index is 12.2. The van der Waals surface area contributed by atoms with Crippen molar-refractivity contribution in [3.63, 3.8) is 0 Å². The van der Waals surface area contributed by atoms with E-state index in [-0.39, 0.29) is 12.1 Å². The number of fused-ring (bicyclic) bond motifs is 1. The molecule has 8 heteroatoms. The Bertz CT molecular complexity index is 845. The molecule has 29 heavy (non-hydrogen) atoms. The van der Waals surface area contributed by atoms with Crippen LogP contribution in [0.25, 0.3) is 11.0 Å². The number of hydrogen-bond donors (Lipinski definition) is 3. The Hall–Kier alpha value is -2.15. The fourth-order valence-electron chi connectivity index (χ4n) is 3.68. The third kappa shape index (κ3) is 5.47. The number of pyridine rings is 1. The van der Waals surface area contributed by atoms with Gasteiger partial charge in [-0.05, 0) is 40.0 Å². The molecule has 0 saturated carbocycles. The van der Waals surface area contributed by atoms with Gasteiger partial charge in [0.1, 0.15) is 11.2 Å². The molecule has 1 unspecified atom stereocenters. The first-order valence-electron chi connectivity index (χ1n) is 10.4. The summed E-state index contributed by atoms with van der Waals surface area (Å²) in [6.45, 7) is 10.2. The highest BCUT2D eigenvalue weighted by Crippen LogP contribution is 2.38. The largest absolute Gasteiger partial charge is 0.444 e. The molecule has 1 saturated heterocycles. The number of ether oxygens (including phenoxy) is 1. The van der Waals surface area contributed by atoms with Crippen molar-refractivity contribution < 1.29 is 9.53 Å². The van der Waals surface area contributed by atoms with E-state index in [1.165, 1.54) is 0 Å². The van der Waals surface area contributed by atoms with E-state index in [2.05, 4.69) is 32.4 Å². The highest BCUT2D eigenvalue weighted by molar-refractivity contribution is 6.35. The van der Waals surface area contributed by atoms with Gasteiger partial charge in [0.05, 0.1) is 28.0 Å². The van der Waals surface area contributed by atoms with Crippen molar-refractivity contribution in [2.75, 3.05) is 29.9 Å². The minimum atomic E-state index is -0.511. The number of nitrogens with one attached hydrogen (secondary N) is 3. The second-order valence-electron chi connectivity index (χ2n) is 8.59. The lowest BCUT2D eigenvalue weighted by Crippen LogP contribution is -2.49. The van der Waals surface area contributed by atoms with Gasteiger partial charge in [0, 0.05) is 31.9 Å². The second-order valence-corrected chi connectivity index (χ2v) is 9.00. The summed E-state index contributed by atoms with van der Waals surface area (Å²) in [6.07, 6.45) is 7.37. The number of aromatic nitrogens is 2. The van der Waals surface area contributed by atoms with Gasteiger partial charge >= 0.3 is 6.09 Å². The van der Waals surface area contributed by atoms with Crippen molar-refractivity contribution in [3.05, 3.63) is 17.4 Å². The zero-order valence-electron chi connectivity index (χ0n) is 17.8. The van der Waals surface area contributed by atoms with Crippen molar-refractivity contribution in [1.29, 1.82) is 0 Å². The molecule has 1 aliphatic heterocycles. The van der Waals surface area contributed by atoms with Crippen LogP contribution in [0.3, 0.4) is 0 Å². The van der Waals surface area contributed by atoms with Gasteiger partial charge in [-0.25, -0.2) is 9.78 Å². The first-order valence-corrected chi connectivity index (χ1v) is 10.8. The smallest absolute Gasteiger partial charge is 0.407 e. The van der Waals surface area contributed by atoms with Crippen LogP contribution in [0.1, 0.15) is 53.4 Å². The lowest BCUT2D eigenvalue weighted by molar-refractivity contribution is 0.0500. The first kappa shape index (κ1) is 21.6. The molecule has 160 valence electrons. The second kappa shape index (κ2) is 9.11. The molecular formula is C21H32ClN5O2. The predicted octanol–water partition coefficient (Wildman–Crippen LogP) is 4.92. The molecule has 0 spiro atoms. The van der Waals surface area contributed by atoms with Crippen LogP contribution in [0.2, 0.25) is 5.02 Å². The average molecular weight is 422 g/mol. The molecule has 2 aromatic heterocycles. The maximum absolute atomic E-state index is 12.2. The summed E-state index contributed by atoms with van der Waals surface area (Å²) in [7, 11) is 0. The Morgan fingerprint density at radius 2 is 2.24 bits per heavy atom. The SMILES string of the molecule is CCCCNc1c[nH]c2ncc(Cl)c(N3CCCC(NC(=O)OC(C)(C)C)C3)c12. The highest BCUT2D eigenvalue weighted by atomic mass is 35.5. The van der Waals surface area contributed by atoms with Crippen molar-refractivity contribution in [3.8, 4) is 0 Å². The monoisotopic (exact) mass is 421 g/mol. The summed E-state index contributed by atoms with van der Waals surface area (Å²) >= 11 is 6.61. The Kier molecular flexibility index (Phi) is 6.77. The maximum Gasteiger partial charge on any atom is 0.407 e. The molecule has 7 nitrogen and oxygen atoms in total. The van der Waals surface area contributed by atoms with E-state index in [9.17, 15) is 4.79 Å². The minimum absolute atomic E-state index is 0.00771. The van der Waals surface area contributed by atoms with Gasteiger partial charge in [-0.2, -0.15) is 0 Å². The topological polar surface area (TPSA) is 82.3 Å². The van der Waals surface area contributed by atoms with Crippen LogP contribution in [0.5, 0.6) is 0 Å². The highest BCUT2D eigenvalue weighted by Gasteiger charge is 2.27. The van der Waals surface area contributed by atoms with Gasteiger partial charge in [-0.15, -0.1) is 0 Å². The van der Waals surface area contributed by atoms with Gasteiger partial charge < -0.3 is 25.3 Å². The summed E-state index contributed by atoms with van der Waals surface area (Å²) in [5, 5.41) is 8.13. The molecule has 3 heterocycles. The number of rotatable bonds is 6. The first-order chi connectivity index (χ1) is 13.8. The zero-order chi connectivity index (χ0) is 21.0. The van der Waals surface area contributed by atoms with Crippen molar-refractivity contribution in [1.82, 2.24) is 15.3 Å². The molecular weight excluding hydrogens is 390 g/mol. The summed E-state index contributed by atoms with van der Waals surface area (Å²) in [5.74, 6) is 0. The van der Waals surface area contributed by atoms with E-state index in [4.69, 9.17) is 16.3 Å². The number of carbonyl (C=O) groups excluding carboxylic acids is 1. The number of aromatic amines is 1. The molecule has 1 fully saturated rings. The molecule has 0 bridgehead atoms. The number of amides is 1. The number of piperidine rings is 1. The number of halogens is 1. The fourth-order valence-corrected chi connectivity index (χ4v) is 3.94. The lowest BCUT2D eigenvalue weighted by Gasteiger charge is -2.36. The van der Waals surface area contributed by atoms with E-state index in [1.54, 1.807) is 6.20 Å². The number of hydrogen-bond acceptors (Lipinski definition) is 5. The van der Waals surface area contributed by atoms with Crippen LogP contribution in [0, 0.1) is 0 Å². The quantitative estimate of drug-likeness (QED) is 0.576. The number of anilines is 2. The van der Waals surface area contributed by atoms with Crippen molar-refractivity contribution in [2.24, 2.45) is 0 Å². The third-order valence-corrected chi connectivity index (χ3v) is 5.21. The van der Waals surface area contributed by atoms with E-state index < -0.39 is 5.60 Å². The average Bonchev–Trinajstić information content (AvgIpc) is 3.03. The molecule has 1 atom stereocenters. The van der Waals surface area contributed by atoms with Crippen LogP contribution >= 0.6 is 11.6 Å². The summed E-state index contributed by atoms with van der Waals surface area (Å²) in [4.78, 5) is 22.1. The number of carbonyl (C=O) groups is 1. The van der Waals surface area contributed by atoms with E-state index in [0.717, 1.165) is 61.2 Å². The Morgan fingerprint density at radius 1 is 1.45 bits per heavy atom. The predicted molar refractivity (Wildman–Crippen MR) is 119 cm³/mol. The third-order valence-electron chi connectivity index (χ3n) is 4.93. The standard InChI is InChI=1S/C21H32ClN5O2/c1-5-6-9-23-16-12-25-19-17(16)18(15(22)11-24-19)27-10-7-8-14(13-27)26-20(28)29-21(2,3)4/h11-12,14,23H,5-10,13H2,1-4H3,(H,24,25)(H,26,28). The van der Waals surface area contributed by atoms with Crippen molar-refractivity contribution >= 4 is 40.1 Å². The minimum Gasteiger partial charge on any atom is -0.444 e. The Labute approximate surface area is 177 Å². The number of unbranched alkanes of at least 4 members (excludes halogenated alkanes) is 1.